The molecule has 26 heavy (non-hydrogen) atoms. The van der Waals surface area contributed by atoms with E-state index in [-0.39, 0.29) is 6.61 Å². The Hall–Kier alpha value is -3.03. The summed E-state index contributed by atoms with van der Waals surface area (Å²) in [5.74, 6) is -2.39. The van der Waals surface area contributed by atoms with E-state index in [1.54, 1.807) is 0 Å². The zero-order valence-electron chi connectivity index (χ0n) is 13.4. The number of aliphatic hydroxyl groups is 2. The van der Waals surface area contributed by atoms with Crippen LogP contribution >= 0.6 is 0 Å². The van der Waals surface area contributed by atoms with E-state index in [1.807, 2.05) is 48.5 Å². The van der Waals surface area contributed by atoms with Gasteiger partial charge in [-0.15, -0.1) is 0 Å². The molecule has 2 N–H and O–H groups in total. The van der Waals surface area contributed by atoms with Crippen LogP contribution in [0.15, 0.2) is 60.0 Å². The normalized spacial score (nSPS) is 25.6. The van der Waals surface area contributed by atoms with Crippen LogP contribution in [-0.4, -0.2) is 35.0 Å². The summed E-state index contributed by atoms with van der Waals surface area (Å²) in [4.78, 5) is 11.5. The maximum atomic E-state index is 11.5. The molecule has 0 aromatic heterocycles. The molecule has 3 aliphatic rings. The number of fused-ring (bicyclic) bond motifs is 4. The zero-order valence-corrected chi connectivity index (χ0v) is 13.4. The van der Waals surface area contributed by atoms with Crippen molar-refractivity contribution >= 4 is 5.97 Å². The van der Waals surface area contributed by atoms with Crippen molar-refractivity contribution in [3.05, 3.63) is 71.2 Å². The second-order valence-electron chi connectivity index (χ2n) is 6.24. The van der Waals surface area contributed by atoms with Gasteiger partial charge in [-0.1, -0.05) is 24.3 Å². The van der Waals surface area contributed by atoms with Crippen molar-refractivity contribution in [1.29, 1.82) is 0 Å². The third kappa shape index (κ3) is 1.92. The predicted octanol–water partition coefficient (Wildman–Crippen LogP) is 2.66. The lowest BCUT2D eigenvalue weighted by Gasteiger charge is -2.35. The Bertz CT molecular complexity index is 903. The molecule has 5 rings (SSSR count). The SMILES string of the molecule is O=C1O[C@H]([C@@H]2COC3(O2)c2ccccc2Oc2ccccc23)C(O)=C1O. The zero-order chi connectivity index (χ0) is 17.9. The van der Waals surface area contributed by atoms with Gasteiger partial charge in [-0.2, -0.15) is 0 Å². The average Bonchev–Trinajstić information content (AvgIpc) is 3.20. The lowest BCUT2D eigenvalue weighted by molar-refractivity contribution is -0.167. The van der Waals surface area contributed by atoms with E-state index in [1.165, 1.54) is 0 Å². The van der Waals surface area contributed by atoms with E-state index in [0.717, 1.165) is 0 Å². The van der Waals surface area contributed by atoms with Crippen LogP contribution in [0.5, 0.6) is 11.5 Å². The van der Waals surface area contributed by atoms with E-state index in [4.69, 9.17) is 18.9 Å². The first kappa shape index (κ1) is 15.2. The summed E-state index contributed by atoms with van der Waals surface area (Å²) in [6, 6.07) is 14.7. The van der Waals surface area contributed by atoms with Gasteiger partial charge in [0.25, 0.3) is 0 Å². The van der Waals surface area contributed by atoms with Crippen molar-refractivity contribution in [3.63, 3.8) is 0 Å². The first-order valence-corrected chi connectivity index (χ1v) is 8.12. The molecular weight excluding hydrogens is 340 g/mol. The molecule has 0 radical (unpaired) electrons. The summed E-state index contributed by atoms with van der Waals surface area (Å²) in [7, 11) is 0. The fraction of sp³-hybridized carbons (Fsp3) is 0.211. The Labute approximate surface area is 148 Å². The quantitative estimate of drug-likeness (QED) is 0.760. The van der Waals surface area contributed by atoms with Gasteiger partial charge in [0.2, 0.25) is 11.5 Å². The van der Waals surface area contributed by atoms with Crippen LogP contribution in [0.1, 0.15) is 11.1 Å². The molecule has 2 atom stereocenters. The van der Waals surface area contributed by atoms with Crippen molar-refractivity contribution in [2.75, 3.05) is 6.61 Å². The van der Waals surface area contributed by atoms with Gasteiger partial charge < -0.3 is 29.2 Å². The Morgan fingerprint density at radius 1 is 0.962 bits per heavy atom. The molecule has 0 saturated carbocycles. The third-order valence-electron chi connectivity index (χ3n) is 4.75. The molecule has 3 aliphatic heterocycles. The van der Waals surface area contributed by atoms with Gasteiger partial charge in [0.1, 0.15) is 17.6 Å². The van der Waals surface area contributed by atoms with E-state index >= 15 is 0 Å². The molecule has 3 heterocycles. The number of hydrogen-bond acceptors (Lipinski definition) is 7. The van der Waals surface area contributed by atoms with E-state index < -0.39 is 35.5 Å². The molecular formula is C19H14O7. The van der Waals surface area contributed by atoms with Crippen LogP contribution in [0.2, 0.25) is 0 Å². The number of carbonyl (C=O) groups is 1. The smallest absolute Gasteiger partial charge is 0.377 e. The highest BCUT2D eigenvalue weighted by molar-refractivity contribution is 5.89. The van der Waals surface area contributed by atoms with Crippen molar-refractivity contribution in [3.8, 4) is 11.5 Å². The van der Waals surface area contributed by atoms with Gasteiger partial charge in [-0.3, -0.25) is 0 Å². The Morgan fingerprint density at radius 2 is 1.58 bits per heavy atom. The van der Waals surface area contributed by atoms with Crippen LogP contribution in [0.25, 0.3) is 0 Å². The highest BCUT2D eigenvalue weighted by atomic mass is 16.8. The molecule has 0 aliphatic carbocycles. The molecule has 0 bridgehead atoms. The highest BCUT2D eigenvalue weighted by Crippen LogP contribution is 2.52. The van der Waals surface area contributed by atoms with E-state index in [2.05, 4.69) is 0 Å². The summed E-state index contributed by atoms with van der Waals surface area (Å²) < 4.78 is 23.2. The van der Waals surface area contributed by atoms with Gasteiger partial charge in [0.15, 0.2) is 11.9 Å². The van der Waals surface area contributed by atoms with E-state index in [9.17, 15) is 15.0 Å². The molecule has 2 aromatic carbocycles. The summed E-state index contributed by atoms with van der Waals surface area (Å²) in [6.45, 7) is 0.0535. The van der Waals surface area contributed by atoms with Crippen molar-refractivity contribution in [2.24, 2.45) is 0 Å². The number of aliphatic hydroxyl groups excluding tert-OH is 2. The molecule has 1 fully saturated rings. The molecule has 7 heteroatoms. The number of rotatable bonds is 1. The minimum atomic E-state index is -1.25. The highest BCUT2D eigenvalue weighted by Gasteiger charge is 2.55. The van der Waals surface area contributed by atoms with Crippen molar-refractivity contribution in [1.82, 2.24) is 0 Å². The Balaban J connectivity index is 1.59. The van der Waals surface area contributed by atoms with Crippen LogP contribution in [0, 0.1) is 0 Å². The Morgan fingerprint density at radius 3 is 2.15 bits per heavy atom. The molecule has 1 spiro atoms. The minimum Gasteiger partial charge on any atom is -0.505 e. The average molecular weight is 354 g/mol. The maximum Gasteiger partial charge on any atom is 0.377 e. The molecule has 2 aromatic rings. The number of carbonyl (C=O) groups excluding carboxylic acids is 1. The summed E-state index contributed by atoms with van der Waals surface area (Å²) in [5, 5.41) is 19.5. The number of cyclic esters (lactones) is 1. The molecule has 132 valence electrons. The van der Waals surface area contributed by atoms with Crippen molar-refractivity contribution in [2.45, 2.75) is 18.0 Å². The largest absolute Gasteiger partial charge is 0.505 e. The number of hydrogen-bond donors (Lipinski definition) is 2. The predicted molar refractivity (Wildman–Crippen MR) is 86.7 cm³/mol. The minimum absolute atomic E-state index is 0.0535. The lowest BCUT2D eigenvalue weighted by Crippen LogP contribution is -2.36. The molecule has 7 nitrogen and oxygen atoms in total. The van der Waals surface area contributed by atoms with Gasteiger partial charge in [-0.05, 0) is 24.3 Å². The number of para-hydroxylation sites is 2. The number of esters is 1. The number of benzene rings is 2. The second-order valence-corrected chi connectivity index (χ2v) is 6.24. The van der Waals surface area contributed by atoms with E-state index in [0.29, 0.717) is 22.6 Å². The first-order chi connectivity index (χ1) is 12.6. The van der Waals surface area contributed by atoms with Gasteiger partial charge in [0, 0.05) is 0 Å². The summed E-state index contributed by atoms with van der Waals surface area (Å²) in [6.07, 6.45) is -1.91. The topological polar surface area (TPSA) is 94.5 Å². The van der Waals surface area contributed by atoms with Gasteiger partial charge >= 0.3 is 5.97 Å². The number of ether oxygens (including phenoxy) is 4. The second kappa shape index (κ2) is 5.23. The van der Waals surface area contributed by atoms with Crippen LogP contribution in [0.4, 0.5) is 0 Å². The lowest BCUT2D eigenvalue weighted by atomic mass is 9.93. The molecule has 0 unspecified atom stereocenters. The fourth-order valence-corrected chi connectivity index (χ4v) is 3.55. The Kier molecular flexibility index (Phi) is 3.07. The monoisotopic (exact) mass is 354 g/mol. The van der Waals surface area contributed by atoms with Gasteiger partial charge in [-0.25, -0.2) is 4.79 Å². The maximum absolute atomic E-state index is 11.5. The van der Waals surface area contributed by atoms with Crippen LogP contribution in [0.3, 0.4) is 0 Å². The fourth-order valence-electron chi connectivity index (χ4n) is 3.55. The first-order valence-electron chi connectivity index (χ1n) is 8.12. The standard InChI is InChI=1S/C19H14O7/c20-15-16(21)18(22)25-17(15)14-9-23-19(26-14)10-5-1-3-7-12(10)24-13-8-4-2-6-11(13)19/h1-8,14,17,20-21H,9H2/t14-,17+/m0/s1. The third-order valence-corrected chi connectivity index (χ3v) is 4.75. The van der Waals surface area contributed by atoms with Crippen LogP contribution < -0.4 is 4.74 Å². The van der Waals surface area contributed by atoms with Gasteiger partial charge in [0.05, 0.1) is 17.7 Å². The summed E-state index contributed by atoms with van der Waals surface area (Å²) in [5.41, 5.74) is 1.36. The molecule has 0 amide bonds. The summed E-state index contributed by atoms with van der Waals surface area (Å²) >= 11 is 0. The van der Waals surface area contributed by atoms with Crippen molar-refractivity contribution < 1.29 is 34.0 Å². The molecule has 1 saturated heterocycles. The van der Waals surface area contributed by atoms with Crippen LogP contribution in [-0.2, 0) is 24.8 Å².